The number of carbonyl (C=O) groups excluding carboxylic acids is 2. The standard InChI is InChI=1S/C28H35FN4O2/c1-7-8-15-32(27(35)21-10-12-22(29)13-11-21)18-26(34)30-25-17-24(28(4,5)6)31-33(25)23-14-9-19(2)16-20(23)3/h9-14,16-17H,7-8,15,18H2,1-6H3,(H,30,34). The van der Waals surface area contributed by atoms with Crippen molar-refractivity contribution >= 4 is 17.6 Å². The van der Waals surface area contributed by atoms with Gasteiger partial charge in [0.1, 0.15) is 18.2 Å². The highest BCUT2D eigenvalue weighted by Gasteiger charge is 2.24. The second-order valence-electron chi connectivity index (χ2n) is 10.0. The van der Waals surface area contributed by atoms with Gasteiger partial charge >= 0.3 is 0 Å². The van der Waals surface area contributed by atoms with Crippen LogP contribution in [0.25, 0.3) is 5.69 Å². The first-order valence-corrected chi connectivity index (χ1v) is 12.0. The lowest BCUT2D eigenvalue weighted by Crippen LogP contribution is -2.39. The van der Waals surface area contributed by atoms with Crippen molar-refractivity contribution < 1.29 is 14.0 Å². The van der Waals surface area contributed by atoms with Gasteiger partial charge < -0.3 is 10.2 Å². The molecule has 0 unspecified atom stereocenters. The Kier molecular flexibility index (Phi) is 8.10. The molecular weight excluding hydrogens is 443 g/mol. The van der Waals surface area contributed by atoms with Gasteiger partial charge in [-0.25, -0.2) is 9.07 Å². The first-order valence-electron chi connectivity index (χ1n) is 12.0. The minimum atomic E-state index is -0.409. The van der Waals surface area contributed by atoms with Crippen LogP contribution < -0.4 is 5.32 Å². The summed E-state index contributed by atoms with van der Waals surface area (Å²) in [7, 11) is 0. The van der Waals surface area contributed by atoms with Crippen LogP contribution in [0.15, 0.2) is 48.5 Å². The summed E-state index contributed by atoms with van der Waals surface area (Å²) in [6.07, 6.45) is 1.64. The van der Waals surface area contributed by atoms with Crippen molar-refractivity contribution in [3.8, 4) is 5.69 Å². The lowest BCUT2D eigenvalue weighted by molar-refractivity contribution is -0.117. The quantitative estimate of drug-likeness (QED) is 0.444. The number of benzene rings is 2. The third-order valence-electron chi connectivity index (χ3n) is 5.82. The van der Waals surface area contributed by atoms with Gasteiger partial charge in [0.05, 0.1) is 11.4 Å². The highest BCUT2D eigenvalue weighted by molar-refractivity contribution is 5.99. The Morgan fingerprint density at radius 3 is 2.34 bits per heavy atom. The SMILES string of the molecule is CCCCN(CC(=O)Nc1cc(C(C)(C)C)nn1-c1ccc(C)cc1C)C(=O)c1ccc(F)cc1. The number of nitrogens with zero attached hydrogens (tertiary/aromatic N) is 3. The molecule has 0 saturated heterocycles. The fourth-order valence-corrected chi connectivity index (χ4v) is 3.80. The molecule has 0 radical (unpaired) electrons. The maximum absolute atomic E-state index is 13.3. The summed E-state index contributed by atoms with van der Waals surface area (Å²) in [5.41, 5.74) is 4.05. The van der Waals surface area contributed by atoms with E-state index in [4.69, 9.17) is 5.10 Å². The summed E-state index contributed by atoms with van der Waals surface area (Å²) in [6, 6.07) is 13.4. The lowest BCUT2D eigenvalue weighted by Gasteiger charge is -2.22. The smallest absolute Gasteiger partial charge is 0.254 e. The third kappa shape index (κ3) is 6.56. The van der Waals surface area contributed by atoms with Gasteiger partial charge in [-0.15, -0.1) is 0 Å². The van der Waals surface area contributed by atoms with E-state index >= 15 is 0 Å². The Hall–Kier alpha value is -3.48. The Bertz CT molecular complexity index is 1190. The zero-order valence-electron chi connectivity index (χ0n) is 21.5. The van der Waals surface area contributed by atoms with Crippen LogP contribution in [0, 0.1) is 19.7 Å². The molecule has 1 aromatic heterocycles. The van der Waals surface area contributed by atoms with Crippen LogP contribution in [-0.4, -0.2) is 39.6 Å². The van der Waals surface area contributed by atoms with E-state index in [1.54, 1.807) is 4.68 Å². The monoisotopic (exact) mass is 478 g/mol. The molecule has 0 bridgehead atoms. The zero-order chi connectivity index (χ0) is 25.8. The second kappa shape index (κ2) is 10.8. The molecule has 186 valence electrons. The van der Waals surface area contributed by atoms with E-state index in [-0.39, 0.29) is 23.8 Å². The molecule has 3 aromatic rings. The van der Waals surface area contributed by atoms with Crippen molar-refractivity contribution in [3.63, 3.8) is 0 Å². The second-order valence-corrected chi connectivity index (χ2v) is 10.0. The number of rotatable bonds is 8. The van der Waals surface area contributed by atoms with Crippen molar-refractivity contribution in [1.82, 2.24) is 14.7 Å². The van der Waals surface area contributed by atoms with E-state index in [0.717, 1.165) is 35.3 Å². The highest BCUT2D eigenvalue weighted by atomic mass is 19.1. The predicted molar refractivity (Wildman–Crippen MR) is 138 cm³/mol. The van der Waals surface area contributed by atoms with E-state index in [1.807, 2.05) is 39.0 Å². The number of aromatic nitrogens is 2. The maximum Gasteiger partial charge on any atom is 0.254 e. The molecule has 0 fully saturated rings. The van der Waals surface area contributed by atoms with Gasteiger partial charge in [0.15, 0.2) is 0 Å². The molecule has 2 amide bonds. The van der Waals surface area contributed by atoms with Crippen LogP contribution >= 0.6 is 0 Å². The molecule has 7 heteroatoms. The van der Waals surface area contributed by atoms with E-state index < -0.39 is 5.82 Å². The van der Waals surface area contributed by atoms with Crippen molar-refractivity contribution in [3.05, 3.63) is 76.7 Å². The molecule has 1 heterocycles. The Morgan fingerprint density at radius 2 is 1.74 bits per heavy atom. The number of hydrogen-bond donors (Lipinski definition) is 1. The Labute approximate surface area is 207 Å². The fraction of sp³-hybridized carbons (Fsp3) is 0.393. The molecular formula is C28H35FN4O2. The average Bonchev–Trinajstić information content (AvgIpc) is 3.20. The van der Waals surface area contributed by atoms with Gasteiger partial charge in [-0.3, -0.25) is 9.59 Å². The van der Waals surface area contributed by atoms with Crippen LogP contribution in [0.2, 0.25) is 0 Å². The Balaban J connectivity index is 1.88. The molecule has 0 saturated carbocycles. The van der Waals surface area contributed by atoms with Crippen molar-refractivity contribution in [1.29, 1.82) is 0 Å². The number of aryl methyl sites for hydroxylation is 2. The summed E-state index contributed by atoms with van der Waals surface area (Å²) in [4.78, 5) is 27.7. The number of nitrogens with one attached hydrogen (secondary N) is 1. The lowest BCUT2D eigenvalue weighted by atomic mass is 9.92. The topological polar surface area (TPSA) is 67.2 Å². The van der Waals surface area contributed by atoms with E-state index in [0.29, 0.717) is 17.9 Å². The molecule has 0 spiro atoms. The van der Waals surface area contributed by atoms with Crippen LogP contribution in [0.3, 0.4) is 0 Å². The van der Waals surface area contributed by atoms with Gasteiger partial charge in [-0.1, -0.05) is 51.8 Å². The molecule has 2 aromatic carbocycles. The zero-order valence-corrected chi connectivity index (χ0v) is 21.5. The summed E-state index contributed by atoms with van der Waals surface area (Å²) < 4.78 is 15.1. The number of amides is 2. The summed E-state index contributed by atoms with van der Waals surface area (Å²) in [5.74, 6) is -0.472. The summed E-state index contributed by atoms with van der Waals surface area (Å²) in [5, 5.41) is 7.77. The first-order chi connectivity index (χ1) is 16.5. The van der Waals surface area contributed by atoms with Gasteiger partial charge in [0.2, 0.25) is 5.91 Å². The number of hydrogen-bond acceptors (Lipinski definition) is 3. The molecule has 6 nitrogen and oxygen atoms in total. The first kappa shape index (κ1) is 26.1. The normalized spacial score (nSPS) is 11.4. The van der Waals surface area contributed by atoms with Gasteiger partial charge in [0, 0.05) is 23.6 Å². The number of halogens is 1. The fourth-order valence-electron chi connectivity index (χ4n) is 3.80. The van der Waals surface area contributed by atoms with Gasteiger partial charge in [-0.2, -0.15) is 5.10 Å². The Morgan fingerprint density at radius 1 is 1.06 bits per heavy atom. The number of unbranched alkanes of at least 4 members (excludes halogenated alkanes) is 1. The van der Waals surface area contributed by atoms with Crippen LogP contribution in [0.4, 0.5) is 10.2 Å². The maximum atomic E-state index is 13.3. The number of carbonyl (C=O) groups is 2. The van der Waals surface area contributed by atoms with Crippen LogP contribution in [0.5, 0.6) is 0 Å². The molecule has 0 atom stereocenters. The summed E-state index contributed by atoms with van der Waals surface area (Å²) in [6.45, 7) is 12.6. The van der Waals surface area contributed by atoms with Crippen molar-refractivity contribution in [2.75, 3.05) is 18.4 Å². The predicted octanol–water partition coefficient (Wildman–Crippen LogP) is 5.81. The molecule has 3 rings (SSSR count). The number of anilines is 1. The van der Waals surface area contributed by atoms with E-state index in [1.165, 1.54) is 29.2 Å². The average molecular weight is 479 g/mol. The molecule has 1 N–H and O–H groups in total. The van der Waals surface area contributed by atoms with Crippen molar-refractivity contribution in [2.24, 2.45) is 0 Å². The van der Waals surface area contributed by atoms with Crippen LogP contribution in [0.1, 0.15) is 67.7 Å². The van der Waals surface area contributed by atoms with Crippen LogP contribution in [-0.2, 0) is 10.2 Å². The minimum absolute atomic E-state index is 0.112. The van der Waals surface area contributed by atoms with E-state index in [9.17, 15) is 14.0 Å². The van der Waals surface area contributed by atoms with Gasteiger partial charge in [0.25, 0.3) is 5.91 Å². The largest absolute Gasteiger partial charge is 0.329 e. The molecule has 0 aliphatic carbocycles. The molecule has 0 aliphatic rings. The highest BCUT2D eigenvalue weighted by Crippen LogP contribution is 2.28. The molecule has 0 aliphatic heterocycles. The molecule has 35 heavy (non-hydrogen) atoms. The summed E-state index contributed by atoms with van der Waals surface area (Å²) >= 11 is 0. The third-order valence-corrected chi connectivity index (χ3v) is 5.82. The van der Waals surface area contributed by atoms with Crippen molar-refractivity contribution in [2.45, 2.75) is 59.8 Å². The van der Waals surface area contributed by atoms with E-state index in [2.05, 4.69) is 32.2 Å². The minimum Gasteiger partial charge on any atom is -0.329 e. The van der Waals surface area contributed by atoms with Gasteiger partial charge in [-0.05, 0) is 56.2 Å².